The van der Waals surface area contributed by atoms with Gasteiger partial charge in [0, 0.05) is 22.8 Å². The predicted molar refractivity (Wildman–Crippen MR) is 91.4 cm³/mol. The van der Waals surface area contributed by atoms with E-state index in [1.165, 1.54) is 0 Å². The van der Waals surface area contributed by atoms with Crippen molar-refractivity contribution >= 4 is 23.3 Å². The number of nitrogens with zero attached hydrogens (tertiary/aromatic N) is 3. The van der Waals surface area contributed by atoms with E-state index in [1.807, 2.05) is 38.1 Å². The Labute approximate surface area is 131 Å². The number of anilines is 4. The maximum absolute atomic E-state index is 5.80. The Morgan fingerprint density at radius 3 is 2.32 bits per heavy atom. The largest absolute Gasteiger partial charge is 0.399 e. The Morgan fingerprint density at radius 1 is 1.05 bits per heavy atom. The van der Waals surface area contributed by atoms with E-state index in [2.05, 4.69) is 46.4 Å². The summed E-state index contributed by atoms with van der Waals surface area (Å²) in [6, 6.07) is 7.74. The summed E-state index contributed by atoms with van der Waals surface area (Å²) in [6.07, 6.45) is 0. The van der Waals surface area contributed by atoms with Gasteiger partial charge in [0.05, 0.1) is 0 Å². The van der Waals surface area contributed by atoms with Crippen LogP contribution in [0.1, 0.15) is 40.4 Å². The third-order valence-electron chi connectivity index (χ3n) is 2.87. The van der Waals surface area contributed by atoms with Gasteiger partial charge in [0.25, 0.3) is 0 Å². The molecule has 0 saturated heterocycles. The van der Waals surface area contributed by atoms with E-state index in [0.717, 1.165) is 11.5 Å². The molecule has 0 bridgehead atoms. The highest BCUT2D eigenvalue weighted by atomic mass is 15.2. The Hall–Kier alpha value is -2.37. The predicted octanol–water partition coefficient (Wildman–Crippen LogP) is 3.32. The van der Waals surface area contributed by atoms with Gasteiger partial charge in [-0.05, 0) is 32.0 Å². The van der Waals surface area contributed by atoms with E-state index in [-0.39, 0.29) is 11.5 Å². The van der Waals surface area contributed by atoms with Crippen LogP contribution in [0.3, 0.4) is 0 Å². The topological polar surface area (TPSA) is 88.8 Å². The van der Waals surface area contributed by atoms with Crippen LogP contribution in [0, 0.1) is 0 Å². The molecule has 0 amide bonds. The first-order valence-corrected chi connectivity index (χ1v) is 7.40. The molecule has 22 heavy (non-hydrogen) atoms. The summed E-state index contributed by atoms with van der Waals surface area (Å²) in [7, 11) is 0. The first kappa shape index (κ1) is 16.0. The smallest absolute Gasteiger partial charge is 0.232 e. The quantitative estimate of drug-likeness (QED) is 0.751. The SMILES string of the molecule is CC(C)Nc1nc(Nc2cccc(N)c2)nc(C(C)(C)C)n1. The van der Waals surface area contributed by atoms with Gasteiger partial charge in [0.1, 0.15) is 5.82 Å². The average molecular weight is 300 g/mol. The van der Waals surface area contributed by atoms with E-state index >= 15 is 0 Å². The number of benzene rings is 1. The summed E-state index contributed by atoms with van der Waals surface area (Å²) < 4.78 is 0. The van der Waals surface area contributed by atoms with Gasteiger partial charge in [-0.2, -0.15) is 15.0 Å². The summed E-state index contributed by atoms with van der Waals surface area (Å²) in [5, 5.41) is 6.42. The standard InChI is InChI=1S/C16H24N6/c1-10(2)18-14-20-13(16(3,4)5)21-15(22-14)19-12-8-6-7-11(17)9-12/h6-10H,17H2,1-5H3,(H2,18,19,20,21,22). The van der Waals surface area contributed by atoms with Crippen LogP contribution in [0.5, 0.6) is 0 Å². The number of nitrogen functional groups attached to an aromatic ring is 1. The second kappa shape index (κ2) is 6.17. The van der Waals surface area contributed by atoms with Crippen molar-refractivity contribution in [1.29, 1.82) is 0 Å². The molecule has 6 nitrogen and oxygen atoms in total. The van der Waals surface area contributed by atoms with Crippen LogP contribution in [0.15, 0.2) is 24.3 Å². The lowest BCUT2D eigenvalue weighted by Crippen LogP contribution is -2.21. The molecular weight excluding hydrogens is 276 g/mol. The average Bonchev–Trinajstić information content (AvgIpc) is 2.36. The summed E-state index contributed by atoms with van der Waals surface area (Å²) >= 11 is 0. The molecule has 0 aliphatic heterocycles. The van der Waals surface area contributed by atoms with Gasteiger partial charge >= 0.3 is 0 Å². The highest BCUT2D eigenvalue weighted by Gasteiger charge is 2.20. The van der Waals surface area contributed by atoms with Gasteiger partial charge in [-0.25, -0.2) is 0 Å². The summed E-state index contributed by atoms with van der Waals surface area (Å²) in [5.41, 5.74) is 7.18. The molecule has 1 aromatic heterocycles. The molecule has 4 N–H and O–H groups in total. The van der Waals surface area contributed by atoms with E-state index in [0.29, 0.717) is 17.6 Å². The van der Waals surface area contributed by atoms with Crippen LogP contribution in [0.25, 0.3) is 0 Å². The lowest BCUT2D eigenvalue weighted by molar-refractivity contribution is 0.543. The van der Waals surface area contributed by atoms with Crippen LogP contribution in [0.2, 0.25) is 0 Å². The van der Waals surface area contributed by atoms with Crippen molar-refractivity contribution in [3.63, 3.8) is 0 Å². The first-order valence-electron chi connectivity index (χ1n) is 7.40. The second-order valence-corrected chi connectivity index (χ2v) is 6.61. The van der Waals surface area contributed by atoms with Crippen molar-refractivity contribution in [2.24, 2.45) is 0 Å². The fraction of sp³-hybridized carbons (Fsp3) is 0.438. The molecule has 2 aromatic rings. The van der Waals surface area contributed by atoms with Crippen molar-refractivity contribution in [2.45, 2.75) is 46.1 Å². The molecule has 0 unspecified atom stereocenters. The molecule has 1 aromatic carbocycles. The van der Waals surface area contributed by atoms with Gasteiger partial charge < -0.3 is 16.4 Å². The van der Waals surface area contributed by atoms with Crippen molar-refractivity contribution in [3.05, 3.63) is 30.1 Å². The third-order valence-corrected chi connectivity index (χ3v) is 2.87. The van der Waals surface area contributed by atoms with Crippen LogP contribution in [-0.2, 0) is 5.41 Å². The zero-order valence-corrected chi connectivity index (χ0v) is 13.8. The Balaban J connectivity index is 2.37. The van der Waals surface area contributed by atoms with Crippen LogP contribution < -0.4 is 16.4 Å². The van der Waals surface area contributed by atoms with E-state index in [4.69, 9.17) is 5.73 Å². The fourth-order valence-electron chi connectivity index (χ4n) is 1.84. The van der Waals surface area contributed by atoms with Crippen LogP contribution in [-0.4, -0.2) is 21.0 Å². The summed E-state index contributed by atoms with van der Waals surface area (Å²) in [6.45, 7) is 10.3. The molecule has 2 rings (SSSR count). The zero-order valence-electron chi connectivity index (χ0n) is 13.8. The monoisotopic (exact) mass is 300 g/mol. The van der Waals surface area contributed by atoms with Crippen molar-refractivity contribution in [2.75, 3.05) is 16.4 Å². The molecule has 0 aliphatic rings. The fourth-order valence-corrected chi connectivity index (χ4v) is 1.84. The number of aromatic nitrogens is 3. The maximum Gasteiger partial charge on any atom is 0.232 e. The van der Waals surface area contributed by atoms with E-state index in [1.54, 1.807) is 0 Å². The summed E-state index contributed by atoms with van der Waals surface area (Å²) in [5.74, 6) is 1.81. The molecule has 1 heterocycles. The number of hydrogen-bond donors (Lipinski definition) is 3. The Bertz CT molecular complexity index is 645. The third kappa shape index (κ3) is 4.31. The van der Waals surface area contributed by atoms with Gasteiger partial charge in [-0.1, -0.05) is 26.8 Å². The molecular formula is C16H24N6. The van der Waals surface area contributed by atoms with Crippen LogP contribution >= 0.6 is 0 Å². The zero-order chi connectivity index (χ0) is 16.3. The lowest BCUT2D eigenvalue weighted by Gasteiger charge is -2.19. The Kier molecular flexibility index (Phi) is 4.49. The summed E-state index contributed by atoms with van der Waals surface area (Å²) in [4.78, 5) is 13.5. The van der Waals surface area contributed by atoms with E-state index < -0.39 is 0 Å². The maximum atomic E-state index is 5.80. The molecule has 118 valence electrons. The minimum Gasteiger partial charge on any atom is -0.399 e. The number of nitrogens with one attached hydrogen (secondary N) is 2. The molecule has 0 saturated carbocycles. The number of nitrogens with two attached hydrogens (primary N) is 1. The minimum absolute atomic E-state index is 0.164. The minimum atomic E-state index is -0.164. The number of rotatable bonds is 4. The van der Waals surface area contributed by atoms with Gasteiger partial charge in [-0.15, -0.1) is 0 Å². The number of hydrogen-bond acceptors (Lipinski definition) is 6. The highest BCUT2D eigenvalue weighted by Crippen LogP contribution is 2.22. The molecule has 0 atom stereocenters. The molecule has 0 radical (unpaired) electrons. The molecule has 0 fully saturated rings. The van der Waals surface area contributed by atoms with Crippen LogP contribution in [0.4, 0.5) is 23.3 Å². The highest BCUT2D eigenvalue weighted by molar-refractivity contribution is 5.60. The van der Waals surface area contributed by atoms with Gasteiger partial charge in [-0.3, -0.25) is 0 Å². The van der Waals surface area contributed by atoms with Crippen molar-refractivity contribution in [1.82, 2.24) is 15.0 Å². The molecule has 0 aliphatic carbocycles. The molecule has 6 heteroatoms. The second-order valence-electron chi connectivity index (χ2n) is 6.61. The molecule has 0 spiro atoms. The Morgan fingerprint density at radius 2 is 1.73 bits per heavy atom. The van der Waals surface area contributed by atoms with Gasteiger partial charge in [0.15, 0.2) is 0 Å². The first-order chi connectivity index (χ1) is 10.2. The normalized spacial score (nSPS) is 11.5. The van der Waals surface area contributed by atoms with Crippen molar-refractivity contribution in [3.8, 4) is 0 Å². The van der Waals surface area contributed by atoms with Crippen molar-refractivity contribution < 1.29 is 0 Å². The van der Waals surface area contributed by atoms with Gasteiger partial charge in [0.2, 0.25) is 11.9 Å². The lowest BCUT2D eigenvalue weighted by atomic mass is 9.96. The van der Waals surface area contributed by atoms with E-state index in [9.17, 15) is 0 Å².